The van der Waals surface area contributed by atoms with Gasteiger partial charge in [0.2, 0.25) is 0 Å². The highest BCUT2D eigenvalue weighted by atomic mass is 79.9. The fraction of sp³-hybridized carbons (Fsp3) is 0.417. The standard InChI is InChI=1S/C12H15BrN2S/c1-8-4-5-15(7-8)11-3-2-9(13)6-10(11)12(14)16/h2-3,6,8H,4-5,7H2,1H3,(H2,14,16). The molecular weight excluding hydrogens is 284 g/mol. The zero-order chi connectivity index (χ0) is 11.7. The molecule has 1 heterocycles. The molecule has 0 amide bonds. The van der Waals surface area contributed by atoms with Crippen molar-refractivity contribution in [2.75, 3.05) is 18.0 Å². The predicted octanol–water partition coefficient (Wildman–Crippen LogP) is 2.93. The van der Waals surface area contributed by atoms with Gasteiger partial charge in [0.25, 0.3) is 0 Å². The second-order valence-electron chi connectivity index (χ2n) is 4.37. The lowest BCUT2D eigenvalue weighted by Gasteiger charge is -2.21. The van der Waals surface area contributed by atoms with Gasteiger partial charge in [0.15, 0.2) is 0 Å². The Morgan fingerprint density at radius 3 is 2.88 bits per heavy atom. The third-order valence-electron chi connectivity index (χ3n) is 2.99. The minimum absolute atomic E-state index is 0.468. The molecular formula is C12H15BrN2S. The van der Waals surface area contributed by atoms with Crippen LogP contribution in [0.1, 0.15) is 18.9 Å². The summed E-state index contributed by atoms with van der Waals surface area (Å²) in [5, 5.41) is 0. The van der Waals surface area contributed by atoms with E-state index < -0.39 is 0 Å². The topological polar surface area (TPSA) is 29.3 Å². The van der Waals surface area contributed by atoms with Gasteiger partial charge in [0, 0.05) is 28.8 Å². The van der Waals surface area contributed by atoms with E-state index in [9.17, 15) is 0 Å². The molecule has 0 spiro atoms. The second kappa shape index (κ2) is 4.72. The first-order chi connectivity index (χ1) is 7.58. The summed E-state index contributed by atoms with van der Waals surface area (Å²) >= 11 is 8.56. The van der Waals surface area contributed by atoms with Gasteiger partial charge < -0.3 is 10.6 Å². The van der Waals surface area contributed by atoms with Crippen LogP contribution >= 0.6 is 28.1 Å². The molecule has 1 aliphatic heterocycles. The monoisotopic (exact) mass is 298 g/mol. The van der Waals surface area contributed by atoms with E-state index in [4.69, 9.17) is 18.0 Å². The lowest BCUT2D eigenvalue weighted by Crippen LogP contribution is -2.23. The maximum absolute atomic E-state index is 5.77. The van der Waals surface area contributed by atoms with Gasteiger partial charge in [0.05, 0.1) is 0 Å². The van der Waals surface area contributed by atoms with E-state index in [-0.39, 0.29) is 0 Å². The summed E-state index contributed by atoms with van der Waals surface area (Å²) in [4.78, 5) is 2.84. The minimum atomic E-state index is 0.468. The molecule has 2 N–H and O–H groups in total. The highest BCUT2D eigenvalue weighted by Gasteiger charge is 2.21. The summed E-state index contributed by atoms with van der Waals surface area (Å²) < 4.78 is 1.02. The summed E-state index contributed by atoms with van der Waals surface area (Å²) in [6, 6.07) is 6.14. The molecule has 1 fully saturated rings. The van der Waals surface area contributed by atoms with Crippen LogP contribution in [0.4, 0.5) is 5.69 Å². The Kier molecular flexibility index (Phi) is 3.50. The Morgan fingerprint density at radius 2 is 2.31 bits per heavy atom. The lowest BCUT2D eigenvalue weighted by molar-refractivity contribution is 0.659. The van der Waals surface area contributed by atoms with Gasteiger partial charge >= 0.3 is 0 Å². The summed E-state index contributed by atoms with van der Waals surface area (Å²) in [7, 11) is 0. The van der Waals surface area contributed by atoms with Gasteiger partial charge in [0.1, 0.15) is 4.99 Å². The molecule has 1 aromatic carbocycles. The Labute approximate surface area is 110 Å². The van der Waals surface area contributed by atoms with Gasteiger partial charge in [-0.1, -0.05) is 35.1 Å². The number of hydrogen-bond acceptors (Lipinski definition) is 2. The fourth-order valence-corrected chi connectivity index (χ4v) is 2.66. The van der Waals surface area contributed by atoms with E-state index in [0.29, 0.717) is 4.99 Å². The Balaban J connectivity index is 2.36. The number of halogens is 1. The molecule has 1 aliphatic rings. The van der Waals surface area contributed by atoms with Crippen molar-refractivity contribution in [3.05, 3.63) is 28.2 Å². The number of thiocarbonyl (C=S) groups is 1. The quantitative estimate of drug-likeness (QED) is 0.851. The summed E-state index contributed by atoms with van der Waals surface area (Å²) in [5.74, 6) is 0.753. The van der Waals surface area contributed by atoms with Crippen molar-refractivity contribution < 1.29 is 0 Å². The molecule has 4 heteroatoms. The van der Waals surface area contributed by atoms with Gasteiger partial charge in [-0.25, -0.2) is 0 Å². The van der Waals surface area contributed by atoms with Crippen molar-refractivity contribution in [1.29, 1.82) is 0 Å². The van der Waals surface area contributed by atoms with E-state index in [0.717, 1.165) is 29.0 Å². The van der Waals surface area contributed by atoms with Gasteiger partial charge in [-0.2, -0.15) is 0 Å². The molecule has 1 atom stereocenters. The van der Waals surface area contributed by atoms with Crippen LogP contribution in [0.5, 0.6) is 0 Å². The summed E-state index contributed by atoms with van der Waals surface area (Å²) in [6.07, 6.45) is 1.24. The first kappa shape index (κ1) is 11.9. The maximum Gasteiger partial charge on any atom is 0.106 e. The third kappa shape index (κ3) is 2.38. The summed E-state index contributed by atoms with van der Waals surface area (Å²) in [5.41, 5.74) is 7.91. The average molecular weight is 299 g/mol. The van der Waals surface area contributed by atoms with Crippen LogP contribution in [-0.2, 0) is 0 Å². The van der Waals surface area contributed by atoms with Gasteiger partial charge in [-0.15, -0.1) is 0 Å². The van der Waals surface area contributed by atoms with Crippen molar-refractivity contribution in [1.82, 2.24) is 0 Å². The smallest absolute Gasteiger partial charge is 0.106 e. The molecule has 0 aliphatic carbocycles. The third-order valence-corrected chi connectivity index (χ3v) is 3.70. The molecule has 1 aromatic rings. The predicted molar refractivity (Wildman–Crippen MR) is 76.0 cm³/mol. The van der Waals surface area contributed by atoms with E-state index in [1.165, 1.54) is 12.1 Å². The first-order valence-corrected chi connectivity index (χ1v) is 6.62. The molecule has 86 valence electrons. The molecule has 16 heavy (non-hydrogen) atoms. The number of hydrogen-bond donors (Lipinski definition) is 1. The molecule has 1 saturated heterocycles. The van der Waals surface area contributed by atoms with Crippen LogP contribution in [0.2, 0.25) is 0 Å². The van der Waals surface area contributed by atoms with E-state index in [1.807, 2.05) is 12.1 Å². The Morgan fingerprint density at radius 1 is 1.56 bits per heavy atom. The van der Waals surface area contributed by atoms with Gasteiger partial charge in [-0.05, 0) is 30.5 Å². The molecule has 0 bridgehead atoms. The molecule has 2 nitrogen and oxygen atoms in total. The summed E-state index contributed by atoms with van der Waals surface area (Å²) in [6.45, 7) is 4.47. The Bertz CT molecular complexity index is 419. The molecule has 2 rings (SSSR count). The van der Waals surface area contributed by atoms with E-state index >= 15 is 0 Å². The van der Waals surface area contributed by atoms with Crippen molar-refractivity contribution in [3.8, 4) is 0 Å². The number of nitrogens with zero attached hydrogens (tertiary/aromatic N) is 1. The zero-order valence-corrected chi connectivity index (χ0v) is 11.6. The van der Waals surface area contributed by atoms with Gasteiger partial charge in [-0.3, -0.25) is 0 Å². The van der Waals surface area contributed by atoms with Crippen molar-refractivity contribution >= 4 is 38.8 Å². The number of anilines is 1. The van der Waals surface area contributed by atoms with E-state index in [1.54, 1.807) is 0 Å². The van der Waals surface area contributed by atoms with Crippen LogP contribution in [0, 0.1) is 5.92 Å². The normalized spacial score (nSPS) is 20.1. The van der Waals surface area contributed by atoms with Crippen molar-refractivity contribution in [2.24, 2.45) is 11.7 Å². The largest absolute Gasteiger partial charge is 0.389 e. The molecule has 1 unspecified atom stereocenters. The maximum atomic E-state index is 5.77. The second-order valence-corrected chi connectivity index (χ2v) is 5.72. The minimum Gasteiger partial charge on any atom is -0.389 e. The number of benzene rings is 1. The molecule has 0 aromatic heterocycles. The van der Waals surface area contributed by atoms with Crippen LogP contribution in [0.3, 0.4) is 0 Å². The van der Waals surface area contributed by atoms with Crippen LogP contribution in [0.15, 0.2) is 22.7 Å². The molecule has 0 radical (unpaired) electrons. The van der Waals surface area contributed by atoms with Crippen LogP contribution in [-0.4, -0.2) is 18.1 Å². The highest BCUT2D eigenvalue weighted by molar-refractivity contribution is 9.10. The highest BCUT2D eigenvalue weighted by Crippen LogP contribution is 2.29. The van der Waals surface area contributed by atoms with Crippen LogP contribution < -0.4 is 10.6 Å². The van der Waals surface area contributed by atoms with Crippen molar-refractivity contribution in [3.63, 3.8) is 0 Å². The SMILES string of the molecule is CC1CCN(c2ccc(Br)cc2C(N)=S)C1. The zero-order valence-electron chi connectivity index (χ0n) is 9.24. The number of nitrogens with two attached hydrogens (primary N) is 1. The first-order valence-electron chi connectivity index (χ1n) is 5.42. The van der Waals surface area contributed by atoms with Crippen LogP contribution in [0.25, 0.3) is 0 Å². The number of rotatable bonds is 2. The molecule has 0 saturated carbocycles. The Hall–Kier alpha value is -0.610. The fourth-order valence-electron chi connectivity index (χ4n) is 2.14. The average Bonchev–Trinajstić information content (AvgIpc) is 2.64. The lowest BCUT2D eigenvalue weighted by atomic mass is 10.1. The van der Waals surface area contributed by atoms with E-state index in [2.05, 4.69) is 33.8 Å². The van der Waals surface area contributed by atoms with Crippen molar-refractivity contribution in [2.45, 2.75) is 13.3 Å².